The summed E-state index contributed by atoms with van der Waals surface area (Å²) in [7, 11) is 0. The zero-order chi connectivity index (χ0) is 14.0. The first-order valence-corrected chi connectivity index (χ1v) is 7.63. The molecule has 0 atom stereocenters. The summed E-state index contributed by atoms with van der Waals surface area (Å²) in [4.78, 5) is 0. The molecule has 0 radical (unpaired) electrons. The molecule has 0 aromatic heterocycles. The Labute approximate surface area is 121 Å². The lowest BCUT2D eigenvalue weighted by Gasteiger charge is -2.35. The molecule has 1 aliphatic heterocycles. The molecule has 0 bridgehead atoms. The standard InChI is InChI=1S/C17H24O3/c1-13-4-3-5-14(2)16(13)12-18-15-6-8-17(9-7-15)19-10-11-20-17/h3-5,15H,6-12H2,1-2H3. The van der Waals surface area contributed by atoms with Crippen molar-refractivity contribution in [1.82, 2.24) is 0 Å². The van der Waals surface area contributed by atoms with Gasteiger partial charge in [0.1, 0.15) is 0 Å². The lowest BCUT2D eigenvalue weighted by molar-refractivity contribution is -0.192. The van der Waals surface area contributed by atoms with E-state index in [0.717, 1.165) is 45.5 Å². The number of rotatable bonds is 3. The first-order valence-electron chi connectivity index (χ1n) is 7.63. The summed E-state index contributed by atoms with van der Waals surface area (Å²) in [5, 5.41) is 0. The fourth-order valence-electron chi connectivity index (χ4n) is 3.26. The van der Waals surface area contributed by atoms with Crippen molar-refractivity contribution in [2.24, 2.45) is 0 Å². The van der Waals surface area contributed by atoms with Crippen LogP contribution in [0, 0.1) is 13.8 Å². The Morgan fingerprint density at radius 2 is 1.70 bits per heavy atom. The minimum atomic E-state index is -0.279. The van der Waals surface area contributed by atoms with Crippen LogP contribution in [-0.2, 0) is 20.8 Å². The summed E-state index contributed by atoms with van der Waals surface area (Å²) in [6.07, 6.45) is 4.33. The van der Waals surface area contributed by atoms with E-state index >= 15 is 0 Å². The van der Waals surface area contributed by atoms with Crippen LogP contribution >= 0.6 is 0 Å². The van der Waals surface area contributed by atoms with Gasteiger partial charge in [-0.1, -0.05) is 18.2 Å². The third kappa shape index (κ3) is 2.90. The van der Waals surface area contributed by atoms with Gasteiger partial charge in [-0.25, -0.2) is 0 Å². The lowest BCUT2D eigenvalue weighted by atomic mass is 9.91. The van der Waals surface area contributed by atoms with Crippen molar-refractivity contribution in [1.29, 1.82) is 0 Å². The highest BCUT2D eigenvalue weighted by atomic mass is 16.7. The van der Waals surface area contributed by atoms with Crippen molar-refractivity contribution in [3.63, 3.8) is 0 Å². The second-order valence-corrected chi connectivity index (χ2v) is 5.99. The quantitative estimate of drug-likeness (QED) is 0.845. The first-order chi connectivity index (χ1) is 9.69. The molecular weight excluding hydrogens is 252 g/mol. The van der Waals surface area contributed by atoms with Crippen LogP contribution in [0.1, 0.15) is 42.4 Å². The average molecular weight is 276 g/mol. The zero-order valence-electron chi connectivity index (χ0n) is 12.5. The van der Waals surface area contributed by atoms with Crippen molar-refractivity contribution < 1.29 is 14.2 Å². The van der Waals surface area contributed by atoms with E-state index in [1.54, 1.807) is 0 Å². The topological polar surface area (TPSA) is 27.7 Å². The normalized spacial score (nSPS) is 22.5. The highest BCUT2D eigenvalue weighted by Gasteiger charge is 2.40. The van der Waals surface area contributed by atoms with Crippen LogP contribution in [-0.4, -0.2) is 25.1 Å². The van der Waals surface area contributed by atoms with Gasteiger partial charge in [0.25, 0.3) is 0 Å². The predicted molar refractivity (Wildman–Crippen MR) is 77.6 cm³/mol. The van der Waals surface area contributed by atoms with Gasteiger partial charge in [-0.15, -0.1) is 0 Å². The van der Waals surface area contributed by atoms with Crippen LogP contribution in [0.3, 0.4) is 0 Å². The van der Waals surface area contributed by atoms with Gasteiger partial charge in [-0.2, -0.15) is 0 Å². The maximum atomic E-state index is 6.12. The molecule has 0 unspecified atom stereocenters. The molecule has 2 aliphatic rings. The molecule has 20 heavy (non-hydrogen) atoms. The van der Waals surface area contributed by atoms with E-state index in [9.17, 15) is 0 Å². The maximum Gasteiger partial charge on any atom is 0.168 e. The molecule has 3 nitrogen and oxygen atoms in total. The van der Waals surface area contributed by atoms with Gasteiger partial charge >= 0.3 is 0 Å². The monoisotopic (exact) mass is 276 g/mol. The van der Waals surface area contributed by atoms with E-state index in [2.05, 4.69) is 32.0 Å². The van der Waals surface area contributed by atoms with Crippen LogP contribution in [0.25, 0.3) is 0 Å². The van der Waals surface area contributed by atoms with Gasteiger partial charge in [0.05, 0.1) is 25.9 Å². The van der Waals surface area contributed by atoms with Gasteiger partial charge in [-0.05, 0) is 43.4 Å². The third-order valence-corrected chi connectivity index (χ3v) is 4.62. The number of aryl methyl sites for hydroxylation is 2. The molecule has 3 heteroatoms. The highest BCUT2D eigenvalue weighted by molar-refractivity contribution is 5.32. The second-order valence-electron chi connectivity index (χ2n) is 5.99. The van der Waals surface area contributed by atoms with Crippen molar-refractivity contribution in [3.8, 4) is 0 Å². The maximum absolute atomic E-state index is 6.12. The molecule has 1 saturated carbocycles. The van der Waals surface area contributed by atoms with Crippen LogP contribution in [0.15, 0.2) is 18.2 Å². The molecule has 0 amide bonds. The van der Waals surface area contributed by atoms with E-state index in [4.69, 9.17) is 14.2 Å². The van der Waals surface area contributed by atoms with Gasteiger partial charge in [0.15, 0.2) is 5.79 Å². The first kappa shape index (κ1) is 14.1. The molecule has 1 spiro atoms. The fourth-order valence-corrected chi connectivity index (χ4v) is 3.26. The molecular formula is C17H24O3. The molecule has 3 rings (SSSR count). The largest absolute Gasteiger partial charge is 0.374 e. The number of hydrogen-bond acceptors (Lipinski definition) is 3. The molecule has 1 aromatic rings. The van der Waals surface area contributed by atoms with Crippen molar-refractivity contribution >= 4 is 0 Å². The Balaban J connectivity index is 1.53. The summed E-state index contributed by atoms with van der Waals surface area (Å²) >= 11 is 0. The van der Waals surface area contributed by atoms with Crippen LogP contribution in [0.2, 0.25) is 0 Å². The number of hydrogen-bond donors (Lipinski definition) is 0. The molecule has 1 heterocycles. The lowest BCUT2D eigenvalue weighted by Crippen LogP contribution is -2.37. The van der Waals surface area contributed by atoms with E-state index in [1.807, 2.05) is 0 Å². The molecule has 110 valence electrons. The van der Waals surface area contributed by atoms with Gasteiger partial charge in [0, 0.05) is 12.8 Å². The predicted octanol–water partition coefficient (Wildman–Crippen LogP) is 3.51. The van der Waals surface area contributed by atoms with Gasteiger partial charge < -0.3 is 14.2 Å². The minimum absolute atomic E-state index is 0.279. The van der Waals surface area contributed by atoms with E-state index < -0.39 is 0 Å². The summed E-state index contributed by atoms with van der Waals surface area (Å²) in [6, 6.07) is 6.41. The van der Waals surface area contributed by atoms with Crippen LogP contribution in [0.4, 0.5) is 0 Å². The summed E-state index contributed by atoms with van der Waals surface area (Å²) in [5.41, 5.74) is 3.97. The Kier molecular flexibility index (Phi) is 4.11. The van der Waals surface area contributed by atoms with Gasteiger partial charge in [0.2, 0.25) is 0 Å². The Bertz CT molecular complexity index is 433. The molecule has 1 saturated heterocycles. The summed E-state index contributed by atoms with van der Waals surface area (Å²) in [5.74, 6) is -0.279. The molecule has 0 N–H and O–H groups in total. The van der Waals surface area contributed by atoms with Crippen LogP contribution in [0.5, 0.6) is 0 Å². The van der Waals surface area contributed by atoms with E-state index in [-0.39, 0.29) is 5.79 Å². The van der Waals surface area contributed by atoms with Crippen molar-refractivity contribution in [3.05, 3.63) is 34.9 Å². The van der Waals surface area contributed by atoms with Crippen molar-refractivity contribution in [2.75, 3.05) is 13.2 Å². The smallest absolute Gasteiger partial charge is 0.168 e. The molecule has 1 aliphatic carbocycles. The Hall–Kier alpha value is -0.900. The Morgan fingerprint density at radius 1 is 1.10 bits per heavy atom. The summed E-state index contributed by atoms with van der Waals surface area (Å²) < 4.78 is 17.6. The van der Waals surface area contributed by atoms with E-state index in [0.29, 0.717) is 6.10 Å². The number of ether oxygens (including phenoxy) is 3. The SMILES string of the molecule is Cc1cccc(C)c1COC1CCC2(CC1)OCCO2. The number of benzene rings is 1. The van der Waals surface area contributed by atoms with Crippen molar-refractivity contribution in [2.45, 2.75) is 58.0 Å². The second kappa shape index (κ2) is 5.84. The average Bonchev–Trinajstić information content (AvgIpc) is 2.89. The van der Waals surface area contributed by atoms with Crippen LogP contribution < -0.4 is 0 Å². The highest BCUT2D eigenvalue weighted by Crippen LogP contribution is 2.37. The molecule has 2 fully saturated rings. The van der Waals surface area contributed by atoms with Gasteiger partial charge in [-0.3, -0.25) is 0 Å². The zero-order valence-corrected chi connectivity index (χ0v) is 12.5. The third-order valence-electron chi connectivity index (χ3n) is 4.62. The minimum Gasteiger partial charge on any atom is -0.374 e. The van der Waals surface area contributed by atoms with E-state index in [1.165, 1.54) is 16.7 Å². The molecule has 1 aromatic carbocycles. The fraction of sp³-hybridized carbons (Fsp3) is 0.647. The summed E-state index contributed by atoms with van der Waals surface area (Å²) in [6.45, 7) is 6.52. The Morgan fingerprint density at radius 3 is 2.30 bits per heavy atom.